The first kappa shape index (κ1) is 14.8. The molecule has 20 heavy (non-hydrogen) atoms. The van der Waals surface area contributed by atoms with E-state index < -0.39 is 0 Å². The van der Waals surface area contributed by atoms with Gasteiger partial charge in [0.05, 0.1) is 18.8 Å². The number of aliphatic hydroxyl groups is 1. The lowest BCUT2D eigenvalue weighted by Gasteiger charge is -2.35. The first-order valence-electron chi connectivity index (χ1n) is 7.10. The third-order valence-corrected chi connectivity index (χ3v) is 3.53. The van der Waals surface area contributed by atoms with Crippen LogP contribution in [0.1, 0.15) is 17.3 Å². The molecule has 1 saturated heterocycles. The van der Waals surface area contributed by atoms with E-state index in [4.69, 9.17) is 9.84 Å². The molecule has 0 atom stereocenters. The van der Waals surface area contributed by atoms with Crippen molar-refractivity contribution in [1.82, 2.24) is 4.90 Å². The molecule has 0 aromatic heterocycles. The van der Waals surface area contributed by atoms with Crippen LogP contribution in [-0.4, -0.2) is 61.9 Å². The molecule has 110 valence electrons. The second-order valence-corrected chi connectivity index (χ2v) is 4.82. The summed E-state index contributed by atoms with van der Waals surface area (Å²) in [6, 6.07) is 7.56. The molecule has 0 aliphatic carbocycles. The summed E-state index contributed by atoms with van der Waals surface area (Å²) in [6.07, 6.45) is 0. The van der Waals surface area contributed by atoms with Crippen molar-refractivity contribution in [2.45, 2.75) is 6.92 Å². The molecule has 1 fully saturated rings. The Labute approximate surface area is 119 Å². The fourth-order valence-corrected chi connectivity index (χ4v) is 2.39. The number of aliphatic hydroxyl groups excluding tert-OH is 1. The Kier molecular flexibility index (Phi) is 5.38. The van der Waals surface area contributed by atoms with Gasteiger partial charge < -0.3 is 14.7 Å². The average molecular weight is 278 g/mol. The fourth-order valence-electron chi connectivity index (χ4n) is 2.39. The number of hydrogen-bond acceptors (Lipinski definition) is 5. The van der Waals surface area contributed by atoms with E-state index in [1.54, 1.807) is 6.92 Å². The zero-order chi connectivity index (χ0) is 14.4. The van der Waals surface area contributed by atoms with Crippen LogP contribution < -0.4 is 4.90 Å². The van der Waals surface area contributed by atoms with Crippen LogP contribution >= 0.6 is 0 Å². The van der Waals surface area contributed by atoms with Crippen molar-refractivity contribution in [3.8, 4) is 0 Å². The van der Waals surface area contributed by atoms with Crippen LogP contribution in [0.15, 0.2) is 24.3 Å². The van der Waals surface area contributed by atoms with E-state index in [0.717, 1.165) is 38.4 Å². The maximum absolute atomic E-state index is 11.6. The lowest BCUT2D eigenvalue weighted by atomic mass is 10.2. The molecule has 1 heterocycles. The average Bonchev–Trinajstić information content (AvgIpc) is 2.49. The molecule has 1 aliphatic heterocycles. The van der Waals surface area contributed by atoms with E-state index in [9.17, 15) is 4.79 Å². The van der Waals surface area contributed by atoms with Gasteiger partial charge in [0.15, 0.2) is 0 Å². The summed E-state index contributed by atoms with van der Waals surface area (Å²) in [5.74, 6) is -0.271. The fraction of sp³-hybridized carbons (Fsp3) is 0.533. The number of ether oxygens (including phenoxy) is 1. The molecule has 0 amide bonds. The highest BCUT2D eigenvalue weighted by Crippen LogP contribution is 2.17. The van der Waals surface area contributed by atoms with Gasteiger partial charge in [-0.15, -0.1) is 0 Å². The van der Waals surface area contributed by atoms with Crippen LogP contribution in [0.2, 0.25) is 0 Å². The highest BCUT2D eigenvalue weighted by atomic mass is 16.5. The second kappa shape index (κ2) is 7.26. The van der Waals surface area contributed by atoms with E-state index in [-0.39, 0.29) is 12.6 Å². The van der Waals surface area contributed by atoms with Gasteiger partial charge >= 0.3 is 5.97 Å². The van der Waals surface area contributed by atoms with E-state index >= 15 is 0 Å². The molecule has 0 bridgehead atoms. The number of carbonyl (C=O) groups excluding carboxylic acids is 1. The minimum Gasteiger partial charge on any atom is -0.462 e. The molecule has 0 radical (unpaired) electrons. The maximum atomic E-state index is 11.6. The molecule has 0 saturated carbocycles. The van der Waals surface area contributed by atoms with Gasteiger partial charge in [0.25, 0.3) is 0 Å². The molecular weight excluding hydrogens is 256 g/mol. The minimum absolute atomic E-state index is 0.217. The lowest BCUT2D eigenvalue weighted by molar-refractivity contribution is 0.0526. The van der Waals surface area contributed by atoms with E-state index in [1.165, 1.54) is 0 Å². The number of carbonyl (C=O) groups is 1. The number of benzene rings is 1. The Hall–Kier alpha value is -1.59. The number of nitrogens with zero attached hydrogens (tertiary/aromatic N) is 2. The molecule has 5 nitrogen and oxygen atoms in total. The number of hydrogen-bond donors (Lipinski definition) is 1. The van der Waals surface area contributed by atoms with Crippen molar-refractivity contribution in [2.24, 2.45) is 0 Å². The molecule has 1 aromatic rings. The minimum atomic E-state index is -0.271. The van der Waals surface area contributed by atoms with Crippen LogP contribution in [0.5, 0.6) is 0 Å². The number of piperazine rings is 1. The number of esters is 1. The largest absolute Gasteiger partial charge is 0.462 e. The van der Waals surface area contributed by atoms with Crippen LogP contribution in [0, 0.1) is 0 Å². The number of anilines is 1. The summed E-state index contributed by atoms with van der Waals surface area (Å²) < 4.78 is 4.97. The second-order valence-electron chi connectivity index (χ2n) is 4.82. The Morgan fingerprint density at radius 2 is 1.85 bits per heavy atom. The standard InChI is InChI=1S/C15H22N2O3/c1-2-20-15(19)13-3-5-14(6-4-13)17-9-7-16(8-10-17)11-12-18/h3-6,18H,2,7-12H2,1H3. The van der Waals surface area contributed by atoms with Crippen molar-refractivity contribution < 1.29 is 14.6 Å². The van der Waals surface area contributed by atoms with Crippen LogP contribution in [0.25, 0.3) is 0 Å². The predicted octanol–water partition coefficient (Wildman–Crippen LogP) is 0.978. The lowest BCUT2D eigenvalue weighted by Crippen LogP contribution is -2.47. The maximum Gasteiger partial charge on any atom is 0.338 e. The summed E-state index contributed by atoms with van der Waals surface area (Å²) in [4.78, 5) is 16.1. The first-order chi connectivity index (χ1) is 9.74. The van der Waals surface area contributed by atoms with Crippen LogP contribution in [0.3, 0.4) is 0 Å². The van der Waals surface area contributed by atoms with Gasteiger partial charge in [-0.1, -0.05) is 0 Å². The molecule has 0 spiro atoms. The molecule has 1 aromatic carbocycles. The van der Waals surface area contributed by atoms with Gasteiger partial charge in [-0.2, -0.15) is 0 Å². The van der Waals surface area contributed by atoms with Crippen molar-refractivity contribution in [2.75, 3.05) is 50.8 Å². The smallest absolute Gasteiger partial charge is 0.338 e. The highest BCUT2D eigenvalue weighted by molar-refractivity contribution is 5.89. The Morgan fingerprint density at radius 3 is 2.40 bits per heavy atom. The number of β-amino-alcohol motifs (C(OH)–C–C–N with tert-alkyl or cyclic N) is 1. The third kappa shape index (κ3) is 3.71. The summed E-state index contributed by atoms with van der Waals surface area (Å²) in [5, 5.41) is 8.93. The van der Waals surface area contributed by atoms with Gasteiger partial charge in [0.2, 0.25) is 0 Å². The van der Waals surface area contributed by atoms with Crippen molar-refractivity contribution in [3.63, 3.8) is 0 Å². The van der Waals surface area contributed by atoms with Crippen molar-refractivity contribution in [1.29, 1.82) is 0 Å². The van der Waals surface area contributed by atoms with E-state index in [0.29, 0.717) is 12.2 Å². The zero-order valence-electron chi connectivity index (χ0n) is 11.9. The Morgan fingerprint density at radius 1 is 1.20 bits per heavy atom. The normalized spacial score (nSPS) is 16.2. The Balaban J connectivity index is 1.92. The summed E-state index contributed by atoms with van der Waals surface area (Å²) in [6.45, 7) is 6.97. The Bertz CT molecular complexity index is 425. The third-order valence-electron chi connectivity index (χ3n) is 3.53. The van der Waals surface area contributed by atoms with Gasteiger partial charge in [0, 0.05) is 38.4 Å². The van der Waals surface area contributed by atoms with Gasteiger partial charge in [-0.25, -0.2) is 4.79 Å². The van der Waals surface area contributed by atoms with E-state index in [1.807, 2.05) is 24.3 Å². The van der Waals surface area contributed by atoms with Gasteiger partial charge in [-0.3, -0.25) is 4.90 Å². The summed E-state index contributed by atoms with van der Waals surface area (Å²) in [7, 11) is 0. The molecule has 5 heteroatoms. The SMILES string of the molecule is CCOC(=O)c1ccc(N2CCN(CCO)CC2)cc1. The van der Waals surface area contributed by atoms with Gasteiger partial charge in [0.1, 0.15) is 0 Å². The molecule has 2 rings (SSSR count). The van der Waals surface area contributed by atoms with Crippen molar-refractivity contribution in [3.05, 3.63) is 29.8 Å². The molecule has 0 unspecified atom stereocenters. The summed E-state index contributed by atoms with van der Waals surface area (Å²) >= 11 is 0. The van der Waals surface area contributed by atoms with Crippen molar-refractivity contribution >= 4 is 11.7 Å². The molecule has 1 N–H and O–H groups in total. The van der Waals surface area contributed by atoms with Crippen LogP contribution in [-0.2, 0) is 4.74 Å². The topological polar surface area (TPSA) is 53.0 Å². The summed E-state index contributed by atoms with van der Waals surface area (Å²) in [5.41, 5.74) is 1.72. The van der Waals surface area contributed by atoms with E-state index in [2.05, 4.69) is 9.80 Å². The monoisotopic (exact) mass is 278 g/mol. The van der Waals surface area contributed by atoms with Crippen LogP contribution in [0.4, 0.5) is 5.69 Å². The first-order valence-corrected chi connectivity index (χ1v) is 7.10. The quantitative estimate of drug-likeness (QED) is 0.814. The molecule has 1 aliphatic rings. The highest BCUT2D eigenvalue weighted by Gasteiger charge is 2.17. The zero-order valence-corrected chi connectivity index (χ0v) is 11.9. The predicted molar refractivity (Wildman–Crippen MR) is 78.1 cm³/mol. The molecular formula is C15H22N2O3. The number of rotatable bonds is 5. The van der Waals surface area contributed by atoms with Gasteiger partial charge in [-0.05, 0) is 31.2 Å².